The van der Waals surface area contributed by atoms with Crippen LogP contribution in [0.4, 0.5) is 4.39 Å². The molecule has 0 radical (unpaired) electrons. The molecule has 0 bridgehead atoms. The van der Waals surface area contributed by atoms with Crippen molar-refractivity contribution < 1.29 is 13.7 Å². The van der Waals surface area contributed by atoms with E-state index >= 15 is 0 Å². The van der Waals surface area contributed by atoms with Crippen molar-refractivity contribution in [3.05, 3.63) is 70.8 Å². The van der Waals surface area contributed by atoms with E-state index < -0.39 is 0 Å². The number of hydrogen-bond donors (Lipinski definition) is 0. The Morgan fingerprint density at radius 3 is 2.47 bits per heavy atom. The molecule has 0 unspecified atom stereocenters. The van der Waals surface area contributed by atoms with Crippen molar-refractivity contribution in [3.8, 4) is 11.4 Å². The van der Waals surface area contributed by atoms with E-state index in [1.165, 1.54) is 12.1 Å². The van der Waals surface area contributed by atoms with E-state index in [1.54, 1.807) is 12.1 Å². The first-order valence-electron chi connectivity index (χ1n) is 9.85. The van der Waals surface area contributed by atoms with Gasteiger partial charge in [-0.3, -0.25) is 14.6 Å². The highest BCUT2D eigenvalue weighted by Crippen LogP contribution is 2.18. The Labute approximate surface area is 179 Å². The van der Waals surface area contributed by atoms with Crippen LogP contribution in [-0.2, 0) is 17.8 Å². The van der Waals surface area contributed by atoms with Crippen molar-refractivity contribution in [2.75, 3.05) is 32.7 Å². The molecule has 0 spiro atoms. The molecule has 2 heterocycles. The van der Waals surface area contributed by atoms with Crippen LogP contribution in [0.1, 0.15) is 11.5 Å². The average Bonchev–Trinajstić information content (AvgIpc) is 3.20. The van der Waals surface area contributed by atoms with Gasteiger partial charge in [-0.25, -0.2) is 4.39 Å². The summed E-state index contributed by atoms with van der Waals surface area (Å²) < 4.78 is 18.4. The molecule has 8 heteroatoms. The third-order valence-electron chi connectivity index (χ3n) is 5.14. The molecule has 30 heavy (non-hydrogen) atoms. The molecule has 0 aliphatic carbocycles. The Bertz CT molecular complexity index is 1000. The predicted molar refractivity (Wildman–Crippen MR) is 112 cm³/mol. The molecule has 0 atom stereocenters. The van der Waals surface area contributed by atoms with Crippen molar-refractivity contribution in [1.29, 1.82) is 0 Å². The molecule has 6 nitrogen and oxygen atoms in total. The second kappa shape index (κ2) is 9.47. The summed E-state index contributed by atoms with van der Waals surface area (Å²) in [5.41, 5.74) is 1.59. The van der Waals surface area contributed by atoms with Gasteiger partial charge in [-0.15, -0.1) is 0 Å². The largest absolute Gasteiger partial charge is 0.338 e. The van der Waals surface area contributed by atoms with Gasteiger partial charge in [-0.2, -0.15) is 4.98 Å². The molecule has 1 aliphatic heterocycles. The van der Waals surface area contributed by atoms with Gasteiger partial charge in [0, 0.05) is 43.2 Å². The number of Topliss-reactive ketones (excluding diaryl/α,β-unsaturated/α-hetero) is 1. The van der Waals surface area contributed by atoms with Crippen LogP contribution < -0.4 is 0 Å². The van der Waals surface area contributed by atoms with Gasteiger partial charge in [-0.05, 0) is 35.9 Å². The molecule has 1 aromatic heterocycles. The Balaban J connectivity index is 1.24. The summed E-state index contributed by atoms with van der Waals surface area (Å²) in [6.07, 6.45) is 0.355. The lowest BCUT2D eigenvalue weighted by Crippen LogP contribution is -2.47. The molecule has 2 aromatic carbocycles. The average molecular weight is 429 g/mol. The number of nitrogens with zero attached hydrogens (tertiary/aromatic N) is 4. The fourth-order valence-electron chi connectivity index (χ4n) is 3.49. The quantitative estimate of drug-likeness (QED) is 0.574. The highest BCUT2D eigenvalue weighted by molar-refractivity contribution is 6.31. The molecule has 1 fully saturated rings. The summed E-state index contributed by atoms with van der Waals surface area (Å²) in [5.74, 6) is 0.842. The number of carbonyl (C=O) groups excluding carboxylic acids is 1. The van der Waals surface area contributed by atoms with E-state index in [0.717, 1.165) is 31.7 Å². The minimum absolute atomic E-state index is 0.164. The lowest BCUT2D eigenvalue weighted by Gasteiger charge is -2.33. The van der Waals surface area contributed by atoms with Gasteiger partial charge in [0.1, 0.15) is 5.82 Å². The van der Waals surface area contributed by atoms with Gasteiger partial charge in [0.25, 0.3) is 0 Å². The van der Waals surface area contributed by atoms with Crippen molar-refractivity contribution in [3.63, 3.8) is 0 Å². The van der Waals surface area contributed by atoms with Crippen LogP contribution >= 0.6 is 11.6 Å². The predicted octanol–water partition coefficient (Wildman–Crippen LogP) is 3.46. The maximum Gasteiger partial charge on any atom is 0.241 e. The van der Waals surface area contributed by atoms with Gasteiger partial charge >= 0.3 is 0 Å². The first-order valence-corrected chi connectivity index (χ1v) is 10.2. The zero-order chi connectivity index (χ0) is 20.9. The number of ketones is 1. The summed E-state index contributed by atoms with van der Waals surface area (Å²) in [6, 6.07) is 13.5. The summed E-state index contributed by atoms with van der Waals surface area (Å²) in [5, 5.41) is 4.62. The SMILES string of the molecule is O=C(Cc1ccccc1Cl)CN1CCN(Cc2nc(-c3ccc(F)cc3)no2)CC1. The number of carbonyl (C=O) groups is 1. The third-order valence-corrected chi connectivity index (χ3v) is 5.51. The van der Waals surface area contributed by atoms with Crippen LogP contribution in [0, 0.1) is 5.82 Å². The maximum absolute atomic E-state index is 13.1. The van der Waals surface area contributed by atoms with Crippen LogP contribution in [0.15, 0.2) is 53.1 Å². The molecule has 156 valence electrons. The molecule has 0 N–H and O–H groups in total. The number of benzene rings is 2. The van der Waals surface area contributed by atoms with Gasteiger partial charge in [0.15, 0.2) is 5.78 Å². The van der Waals surface area contributed by atoms with Crippen molar-refractivity contribution >= 4 is 17.4 Å². The molecule has 1 aliphatic rings. The standard InChI is InChI=1S/C22H22ClFN4O2/c23-20-4-2-1-3-17(20)13-19(29)14-27-9-11-28(12-10-27)15-21-25-22(26-30-21)16-5-7-18(24)8-6-16/h1-8H,9-15H2. The van der Waals surface area contributed by atoms with Gasteiger partial charge in [0.05, 0.1) is 13.1 Å². The van der Waals surface area contributed by atoms with E-state index in [9.17, 15) is 9.18 Å². The van der Waals surface area contributed by atoms with Crippen molar-refractivity contribution in [2.24, 2.45) is 0 Å². The highest BCUT2D eigenvalue weighted by Gasteiger charge is 2.21. The minimum Gasteiger partial charge on any atom is -0.338 e. The van der Waals surface area contributed by atoms with Gasteiger partial charge in [0.2, 0.25) is 11.7 Å². The van der Waals surface area contributed by atoms with E-state index in [4.69, 9.17) is 16.1 Å². The van der Waals surface area contributed by atoms with Crippen LogP contribution in [0.5, 0.6) is 0 Å². The summed E-state index contributed by atoms with van der Waals surface area (Å²) in [4.78, 5) is 21.2. The zero-order valence-electron chi connectivity index (χ0n) is 16.4. The van der Waals surface area contributed by atoms with E-state index in [1.807, 2.05) is 24.3 Å². The fraction of sp³-hybridized carbons (Fsp3) is 0.318. The van der Waals surface area contributed by atoms with Crippen LogP contribution in [0.2, 0.25) is 5.02 Å². The molecular weight excluding hydrogens is 407 g/mol. The molecule has 0 amide bonds. The lowest BCUT2D eigenvalue weighted by molar-refractivity contribution is -0.120. The Morgan fingerprint density at radius 1 is 1.03 bits per heavy atom. The van der Waals surface area contributed by atoms with Gasteiger partial charge < -0.3 is 4.52 Å². The Hall–Kier alpha value is -2.61. The number of halogens is 2. The smallest absolute Gasteiger partial charge is 0.241 e. The van der Waals surface area contributed by atoms with Crippen LogP contribution in [0.25, 0.3) is 11.4 Å². The molecule has 0 saturated carbocycles. The monoisotopic (exact) mass is 428 g/mol. The Kier molecular flexibility index (Phi) is 6.52. The number of hydrogen-bond acceptors (Lipinski definition) is 6. The van der Waals surface area contributed by atoms with E-state index in [2.05, 4.69) is 19.9 Å². The van der Waals surface area contributed by atoms with Gasteiger partial charge in [-0.1, -0.05) is 35.0 Å². The minimum atomic E-state index is -0.300. The molecule has 1 saturated heterocycles. The van der Waals surface area contributed by atoms with Crippen LogP contribution in [0.3, 0.4) is 0 Å². The van der Waals surface area contributed by atoms with E-state index in [-0.39, 0.29) is 11.6 Å². The Morgan fingerprint density at radius 2 is 1.73 bits per heavy atom. The zero-order valence-corrected chi connectivity index (χ0v) is 17.2. The molecular formula is C22H22ClFN4O2. The normalized spacial score (nSPS) is 15.4. The third kappa shape index (κ3) is 5.30. The second-order valence-electron chi connectivity index (χ2n) is 7.38. The fourth-order valence-corrected chi connectivity index (χ4v) is 3.69. The first kappa shape index (κ1) is 20.7. The van der Waals surface area contributed by atoms with Crippen LogP contribution in [-0.4, -0.2) is 58.4 Å². The highest BCUT2D eigenvalue weighted by atomic mass is 35.5. The lowest BCUT2D eigenvalue weighted by atomic mass is 10.1. The first-order chi connectivity index (χ1) is 14.6. The van der Waals surface area contributed by atoms with Crippen molar-refractivity contribution in [1.82, 2.24) is 19.9 Å². The summed E-state index contributed by atoms with van der Waals surface area (Å²) in [7, 11) is 0. The van der Waals surface area contributed by atoms with E-state index in [0.29, 0.717) is 41.8 Å². The molecule has 3 aromatic rings. The summed E-state index contributed by atoms with van der Waals surface area (Å²) in [6.45, 7) is 4.20. The summed E-state index contributed by atoms with van der Waals surface area (Å²) >= 11 is 6.15. The molecule has 4 rings (SSSR count). The second-order valence-corrected chi connectivity index (χ2v) is 7.78. The number of rotatable bonds is 7. The number of aromatic nitrogens is 2. The van der Waals surface area contributed by atoms with Crippen molar-refractivity contribution in [2.45, 2.75) is 13.0 Å². The maximum atomic E-state index is 13.1. The topological polar surface area (TPSA) is 62.5 Å². The number of piperazine rings is 1.